The van der Waals surface area contributed by atoms with Gasteiger partial charge in [-0.2, -0.15) is 0 Å². The molecule has 0 bridgehead atoms. The van der Waals surface area contributed by atoms with Gasteiger partial charge in [-0.1, -0.05) is 55.3 Å². The zero-order valence-corrected chi connectivity index (χ0v) is 18.3. The predicted molar refractivity (Wildman–Crippen MR) is 117 cm³/mol. The molecule has 1 aromatic heterocycles. The number of halogens is 1. The van der Waals surface area contributed by atoms with Crippen LogP contribution in [0.3, 0.4) is 0 Å². The molecule has 0 saturated carbocycles. The van der Waals surface area contributed by atoms with Gasteiger partial charge in [0.15, 0.2) is 0 Å². The van der Waals surface area contributed by atoms with Gasteiger partial charge >= 0.3 is 11.9 Å². The smallest absolute Gasteiger partial charge is 0.414 e. The molecule has 1 atom stereocenters. The Morgan fingerprint density at radius 3 is 2.41 bits per heavy atom. The minimum absolute atomic E-state index is 0.167. The standard InChI is InChI=1S/C17H21ClN2OS2.C2H2O4/c1-2-3-4-11-21-17(22)23-16(12-20-10-9-19-13-20)14-5-7-15(18)8-6-14;3-1(4)2(5)6/h5-10,13,16H,2-4,11-12H2,1H3;(H,3,4)(H,5,6). The topological polar surface area (TPSA) is 102 Å². The van der Waals surface area contributed by atoms with Crippen molar-refractivity contribution in [3.05, 3.63) is 53.6 Å². The van der Waals surface area contributed by atoms with Crippen molar-refractivity contribution in [3.63, 3.8) is 0 Å². The van der Waals surface area contributed by atoms with Crippen molar-refractivity contribution in [1.29, 1.82) is 0 Å². The number of hydrogen-bond acceptors (Lipinski definition) is 6. The summed E-state index contributed by atoms with van der Waals surface area (Å²) in [6.45, 7) is 3.65. The summed E-state index contributed by atoms with van der Waals surface area (Å²) in [7, 11) is 0. The van der Waals surface area contributed by atoms with Crippen LogP contribution in [0.15, 0.2) is 43.0 Å². The Labute approximate surface area is 184 Å². The van der Waals surface area contributed by atoms with Crippen LogP contribution in [0.1, 0.15) is 37.0 Å². The number of carboxylic acids is 2. The Balaban J connectivity index is 0.000000612. The van der Waals surface area contributed by atoms with Crippen LogP contribution in [-0.4, -0.2) is 42.7 Å². The summed E-state index contributed by atoms with van der Waals surface area (Å²) in [5.41, 5.74) is 1.17. The molecule has 158 valence electrons. The van der Waals surface area contributed by atoms with Crippen LogP contribution in [-0.2, 0) is 20.9 Å². The number of benzene rings is 1. The Morgan fingerprint density at radius 2 is 1.90 bits per heavy atom. The first kappa shape index (κ1) is 24.9. The molecule has 0 aliphatic carbocycles. The molecule has 2 aromatic rings. The highest BCUT2D eigenvalue weighted by molar-refractivity contribution is 8.22. The number of carbonyl (C=O) groups is 2. The van der Waals surface area contributed by atoms with Gasteiger partial charge in [-0.25, -0.2) is 14.6 Å². The van der Waals surface area contributed by atoms with Crippen molar-refractivity contribution in [2.75, 3.05) is 6.61 Å². The van der Waals surface area contributed by atoms with E-state index in [0.717, 1.165) is 18.0 Å². The molecule has 2 N–H and O–H groups in total. The molecule has 1 heterocycles. The first-order valence-electron chi connectivity index (χ1n) is 8.84. The SMILES string of the molecule is CCCCCOC(=S)SC(Cn1ccnc1)c1ccc(Cl)cc1.O=C(O)C(=O)O. The van der Waals surface area contributed by atoms with Crippen LogP contribution in [0.4, 0.5) is 0 Å². The van der Waals surface area contributed by atoms with Crippen molar-refractivity contribution < 1.29 is 24.5 Å². The predicted octanol–water partition coefficient (Wildman–Crippen LogP) is 4.66. The fourth-order valence-corrected chi connectivity index (χ4v) is 3.61. The summed E-state index contributed by atoms with van der Waals surface area (Å²) in [6.07, 6.45) is 8.94. The number of thiocarbonyl (C=S) groups is 1. The summed E-state index contributed by atoms with van der Waals surface area (Å²) in [6, 6.07) is 7.89. The maximum Gasteiger partial charge on any atom is 0.414 e. The van der Waals surface area contributed by atoms with Gasteiger partial charge in [-0.3, -0.25) is 0 Å². The number of aromatic nitrogens is 2. The minimum Gasteiger partial charge on any atom is -0.479 e. The first-order valence-corrected chi connectivity index (χ1v) is 10.5. The zero-order chi connectivity index (χ0) is 21.6. The number of nitrogens with zero attached hydrogens (tertiary/aromatic N) is 2. The van der Waals surface area contributed by atoms with Gasteiger partial charge < -0.3 is 19.5 Å². The van der Waals surface area contributed by atoms with Crippen LogP contribution >= 0.6 is 35.6 Å². The van der Waals surface area contributed by atoms with Crippen LogP contribution < -0.4 is 0 Å². The van der Waals surface area contributed by atoms with Crippen LogP contribution in [0.2, 0.25) is 5.02 Å². The molecule has 29 heavy (non-hydrogen) atoms. The Bertz CT molecular complexity index is 757. The molecule has 1 aromatic carbocycles. The monoisotopic (exact) mass is 458 g/mol. The molecule has 0 fully saturated rings. The van der Waals surface area contributed by atoms with E-state index in [4.69, 9.17) is 48.4 Å². The van der Waals surface area contributed by atoms with Gasteiger partial charge in [0.1, 0.15) is 0 Å². The highest BCUT2D eigenvalue weighted by Gasteiger charge is 2.16. The molecule has 1 unspecified atom stereocenters. The minimum atomic E-state index is -1.82. The molecule has 7 nitrogen and oxygen atoms in total. The Hall–Kier alpha value is -2.10. The number of unbranched alkanes of at least 4 members (excludes halogenated alkanes) is 2. The van der Waals surface area contributed by atoms with Crippen LogP contribution in [0.5, 0.6) is 0 Å². The third kappa shape index (κ3) is 10.9. The highest BCUT2D eigenvalue weighted by atomic mass is 35.5. The number of thioether (sulfide) groups is 1. The van der Waals surface area contributed by atoms with Gasteiger partial charge in [0.2, 0.25) is 4.38 Å². The Kier molecular flexibility index (Phi) is 12.0. The number of carboxylic acid groups (broad SMARTS) is 2. The van der Waals surface area contributed by atoms with E-state index >= 15 is 0 Å². The van der Waals surface area contributed by atoms with Crippen molar-refractivity contribution >= 4 is 51.9 Å². The molecule has 2 rings (SSSR count). The van der Waals surface area contributed by atoms with E-state index in [1.807, 2.05) is 41.4 Å². The third-order valence-electron chi connectivity index (χ3n) is 3.57. The molecule has 0 amide bonds. The number of rotatable bonds is 8. The molecule has 0 radical (unpaired) electrons. The second kappa shape index (κ2) is 14.0. The molecule has 10 heteroatoms. The zero-order valence-electron chi connectivity index (χ0n) is 15.9. The van der Waals surface area contributed by atoms with E-state index in [0.29, 0.717) is 11.0 Å². The third-order valence-corrected chi connectivity index (χ3v) is 5.24. The summed E-state index contributed by atoms with van der Waals surface area (Å²) >= 11 is 13.0. The number of imidazole rings is 1. The van der Waals surface area contributed by atoms with Crippen molar-refractivity contribution in [1.82, 2.24) is 9.55 Å². The molecule has 0 aliphatic rings. The largest absolute Gasteiger partial charge is 0.479 e. The molecule has 0 spiro atoms. The number of hydrogen-bond donors (Lipinski definition) is 2. The second-order valence-corrected chi connectivity index (χ2v) is 8.07. The van der Waals surface area contributed by atoms with E-state index < -0.39 is 11.9 Å². The second-order valence-electron chi connectivity index (χ2n) is 5.83. The molecule has 0 aliphatic heterocycles. The fourth-order valence-electron chi connectivity index (χ4n) is 2.13. The van der Waals surface area contributed by atoms with Gasteiger partial charge in [0.05, 0.1) is 18.2 Å². The fraction of sp³-hybridized carbons (Fsp3) is 0.368. The van der Waals surface area contributed by atoms with Crippen molar-refractivity contribution in [2.45, 2.75) is 38.0 Å². The maximum atomic E-state index is 9.10. The maximum absolute atomic E-state index is 9.10. The lowest BCUT2D eigenvalue weighted by molar-refractivity contribution is -0.159. The average Bonchev–Trinajstić information content (AvgIpc) is 3.19. The van der Waals surface area contributed by atoms with E-state index in [-0.39, 0.29) is 5.25 Å². The summed E-state index contributed by atoms with van der Waals surface area (Å²) in [5, 5.41) is 15.7. The number of aliphatic carboxylic acids is 2. The van der Waals surface area contributed by atoms with Crippen LogP contribution in [0, 0.1) is 0 Å². The molecule has 0 saturated heterocycles. The van der Waals surface area contributed by atoms with Gasteiger partial charge in [0.25, 0.3) is 0 Å². The average molecular weight is 459 g/mol. The van der Waals surface area contributed by atoms with Crippen LogP contribution in [0.25, 0.3) is 0 Å². The summed E-state index contributed by atoms with van der Waals surface area (Å²) < 4.78 is 8.33. The van der Waals surface area contributed by atoms with Crippen molar-refractivity contribution in [3.8, 4) is 0 Å². The lowest BCUT2D eigenvalue weighted by atomic mass is 10.1. The normalized spacial score (nSPS) is 11.1. The van der Waals surface area contributed by atoms with Gasteiger partial charge in [-0.05, 0) is 36.3 Å². The lowest BCUT2D eigenvalue weighted by Gasteiger charge is -2.18. The van der Waals surface area contributed by atoms with E-state index in [9.17, 15) is 0 Å². The van der Waals surface area contributed by atoms with E-state index in [2.05, 4.69) is 11.9 Å². The number of ether oxygens (including phenoxy) is 1. The van der Waals surface area contributed by atoms with Gasteiger partial charge in [-0.15, -0.1) is 0 Å². The summed E-state index contributed by atoms with van der Waals surface area (Å²) in [4.78, 5) is 22.3. The molecular weight excluding hydrogens is 436 g/mol. The van der Waals surface area contributed by atoms with Gasteiger partial charge in [0, 0.05) is 24.0 Å². The van der Waals surface area contributed by atoms with Crippen molar-refractivity contribution in [2.24, 2.45) is 0 Å². The van der Waals surface area contributed by atoms with E-state index in [1.165, 1.54) is 18.4 Å². The highest BCUT2D eigenvalue weighted by Crippen LogP contribution is 2.33. The molecular formula is C19H23ClN2O5S2. The first-order chi connectivity index (χ1) is 13.8. The lowest BCUT2D eigenvalue weighted by Crippen LogP contribution is -2.09. The summed E-state index contributed by atoms with van der Waals surface area (Å²) in [5.74, 6) is -3.65. The van der Waals surface area contributed by atoms with E-state index in [1.54, 1.807) is 18.0 Å². The Morgan fingerprint density at radius 1 is 1.24 bits per heavy atom. The quantitative estimate of drug-likeness (QED) is 0.334.